The van der Waals surface area contributed by atoms with Gasteiger partial charge in [0.1, 0.15) is 5.82 Å². The van der Waals surface area contributed by atoms with E-state index < -0.39 is 17.2 Å². The number of halogens is 2. The van der Waals surface area contributed by atoms with Crippen LogP contribution >= 0.6 is 23.2 Å². The number of amides is 1. The Morgan fingerprint density at radius 3 is 2.74 bits per heavy atom. The summed E-state index contributed by atoms with van der Waals surface area (Å²) in [6, 6.07) is 5.19. The lowest BCUT2D eigenvalue weighted by atomic mass is 10.1. The number of benzene rings is 1. The van der Waals surface area contributed by atoms with Gasteiger partial charge in [0.2, 0.25) is 5.75 Å². The monoisotopic (exact) mass is 353 g/mol. The van der Waals surface area contributed by atoms with Crippen molar-refractivity contribution in [2.45, 2.75) is 13.0 Å². The Kier molecular flexibility index (Phi) is 4.04. The highest BCUT2D eigenvalue weighted by molar-refractivity contribution is 6.42. The number of rotatable bonds is 2. The summed E-state index contributed by atoms with van der Waals surface area (Å²) in [6.45, 7) is 0.901. The summed E-state index contributed by atoms with van der Waals surface area (Å²) in [6.07, 6.45) is 0.235. The van der Waals surface area contributed by atoms with Gasteiger partial charge in [-0.15, -0.1) is 0 Å². The normalized spacial score (nSPS) is 14.0. The molecular weight excluding hydrogens is 341 g/mol. The van der Waals surface area contributed by atoms with E-state index in [0.717, 1.165) is 0 Å². The molecule has 1 amide bonds. The van der Waals surface area contributed by atoms with Crippen molar-refractivity contribution in [2.75, 3.05) is 13.6 Å². The van der Waals surface area contributed by atoms with Crippen LogP contribution in [0.3, 0.4) is 0 Å². The molecule has 23 heavy (non-hydrogen) atoms. The number of fused-ring (bicyclic) bond motifs is 1. The molecule has 0 radical (unpaired) electrons. The van der Waals surface area contributed by atoms with Gasteiger partial charge in [0.25, 0.3) is 5.91 Å². The van der Waals surface area contributed by atoms with Crippen molar-refractivity contribution in [3.05, 3.63) is 55.7 Å². The zero-order valence-electron chi connectivity index (χ0n) is 12.2. The lowest BCUT2D eigenvalue weighted by Crippen LogP contribution is -2.41. The van der Waals surface area contributed by atoms with Crippen LogP contribution < -0.4 is 5.56 Å². The van der Waals surface area contributed by atoms with Crippen molar-refractivity contribution in [1.82, 2.24) is 14.5 Å². The van der Waals surface area contributed by atoms with E-state index in [-0.39, 0.29) is 12.1 Å². The van der Waals surface area contributed by atoms with E-state index in [2.05, 4.69) is 4.98 Å². The van der Waals surface area contributed by atoms with Gasteiger partial charge < -0.3 is 14.6 Å². The first-order valence-electron chi connectivity index (χ1n) is 6.91. The molecule has 1 aromatic heterocycles. The van der Waals surface area contributed by atoms with Crippen LogP contribution in [0.25, 0.3) is 0 Å². The molecule has 1 aromatic carbocycles. The van der Waals surface area contributed by atoms with Crippen LogP contribution in [0.15, 0.2) is 23.0 Å². The summed E-state index contributed by atoms with van der Waals surface area (Å²) in [5, 5.41) is 10.7. The zero-order chi connectivity index (χ0) is 16.7. The first-order valence-corrected chi connectivity index (χ1v) is 7.66. The third-order valence-corrected chi connectivity index (χ3v) is 4.69. The molecule has 0 saturated heterocycles. The summed E-state index contributed by atoms with van der Waals surface area (Å²) in [4.78, 5) is 29.5. The molecular formula is C15H13Cl2N3O3. The van der Waals surface area contributed by atoms with Gasteiger partial charge in [0.05, 0.1) is 10.0 Å². The van der Waals surface area contributed by atoms with Crippen LogP contribution in [-0.2, 0) is 13.0 Å². The van der Waals surface area contributed by atoms with E-state index in [9.17, 15) is 14.7 Å². The van der Waals surface area contributed by atoms with E-state index in [1.54, 1.807) is 29.8 Å². The predicted octanol–water partition coefficient (Wildman–Crippen LogP) is 1.93. The van der Waals surface area contributed by atoms with Crippen LogP contribution in [0, 0.1) is 0 Å². The maximum Gasteiger partial charge on any atom is 0.315 e. The average molecular weight is 354 g/mol. The Bertz CT molecular complexity index is 864. The van der Waals surface area contributed by atoms with Crippen molar-refractivity contribution in [3.63, 3.8) is 0 Å². The highest BCUT2D eigenvalue weighted by atomic mass is 35.5. The Labute approximate surface area is 141 Å². The van der Waals surface area contributed by atoms with Crippen LogP contribution in [0.4, 0.5) is 0 Å². The maximum absolute atomic E-state index is 12.2. The largest absolute Gasteiger partial charge is 0.501 e. The molecule has 1 N–H and O–H groups in total. The fourth-order valence-electron chi connectivity index (χ4n) is 2.57. The summed E-state index contributed by atoms with van der Waals surface area (Å²) in [7, 11) is 1.61. The molecule has 0 fully saturated rings. The molecule has 3 rings (SSSR count). The minimum atomic E-state index is -0.826. The second-order valence-electron chi connectivity index (χ2n) is 5.30. The van der Waals surface area contributed by atoms with Gasteiger partial charge in [-0.1, -0.05) is 35.3 Å². The van der Waals surface area contributed by atoms with Crippen molar-refractivity contribution in [2.24, 2.45) is 0 Å². The molecule has 2 aromatic rings. The number of carbonyl (C=O) groups is 1. The molecule has 0 saturated carbocycles. The first-order chi connectivity index (χ1) is 10.9. The molecule has 0 unspecified atom stereocenters. The number of aromatic hydroxyl groups is 1. The molecule has 8 heteroatoms. The zero-order valence-corrected chi connectivity index (χ0v) is 13.7. The number of aromatic nitrogens is 2. The van der Waals surface area contributed by atoms with Crippen molar-refractivity contribution in [3.8, 4) is 5.75 Å². The molecule has 1 aliphatic rings. The van der Waals surface area contributed by atoms with Crippen molar-refractivity contribution in [1.29, 1.82) is 0 Å². The Hall–Kier alpha value is -2.05. The van der Waals surface area contributed by atoms with Crippen LogP contribution in [0.5, 0.6) is 5.75 Å². The number of nitrogens with zero attached hydrogens (tertiary/aromatic N) is 3. The lowest BCUT2D eigenvalue weighted by Gasteiger charge is -2.28. The highest BCUT2D eigenvalue weighted by Crippen LogP contribution is 2.28. The third-order valence-electron chi connectivity index (χ3n) is 3.83. The van der Waals surface area contributed by atoms with Gasteiger partial charge in [-0.25, -0.2) is 0 Å². The van der Waals surface area contributed by atoms with Crippen molar-refractivity contribution < 1.29 is 9.90 Å². The summed E-state index contributed by atoms with van der Waals surface area (Å²) >= 11 is 12.2. The topological polar surface area (TPSA) is 75.4 Å². The van der Waals surface area contributed by atoms with E-state index in [1.807, 2.05) is 0 Å². The molecule has 0 spiro atoms. The van der Waals surface area contributed by atoms with E-state index in [4.69, 9.17) is 23.2 Å². The Balaban J connectivity index is 2.14. The molecule has 0 aliphatic carbocycles. The quantitative estimate of drug-likeness (QED) is 0.894. The molecule has 0 atom stereocenters. The second-order valence-corrected chi connectivity index (χ2v) is 6.08. The van der Waals surface area contributed by atoms with Gasteiger partial charge >= 0.3 is 5.56 Å². The number of carbonyl (C=O) groups excluding carboxylic acids is 1. The molecule has 1 aliphatic heterocycles. The molecule has 120 valence electrons. The minimum Gasteiger partial charge on any atom is -0.501 e. The summed E-state index contributed by atoms with van der Waals surface area (Å²) in [5.74, 6) is -0.664. The van der Waals surface area contributed by atoms with Crippen molar-refractivity contribution >= 4 is 29.1 Å². The van der Waals surface area contributed by atoms with Gasteiger partial charge in [0, 0.05) is 26.6 Å². The second kappa shape index (κ2) is 5.86. The first kappa shape index (κ1) is 15.8. The molecule has 6 nitrogen and oxygen atoms in total. The Morgan fingerprint density at radius 2 is 2.00 bits per heavy atom. The van der Waals surface area contributed by atoms with E-state index >= 15 is 0 Å². The van der Waals surface area contributed by atoms with Crippen LogP contribution in [0.1, 0.15) is 21.9 Å². The SMILES string of the molecule is CN1CCn2c(Cc3cccc(Cl)c3Cl)nc(=O)c(O)c2C1=O. The standard InChI is InChI=1S/C15H13Cl2N3O3/c1-19-5-6-20-10(7-8-3-2-4-9(16)11(8)17)18-14(22)13(21)12(20)15(19)23/h2-4,21H,5-7H2,1H3. The van der Waals surface area contributed by atoms with Crippen LogP contribution in [-0.4, -0.2) is 39.1 Å². The number of hydrogen-bond acceptors (Lipinski definition) is 4. The van der Waals surface area contributed by atoms with E-state index in [1.165, 1.54) is 4.90 Å². The summed E-state index contributed by atoms with van der Waals surface area (Å²) < 4.78 is 1.57. The van der Waals surface area contributed by atoms with Gasteiger partial charge in [-0.05, 0) is 11.6 Å². The predicted molar refractivity (Wildman–Crippen MR) is 86.4 cm³/mol. The van der Waals surface area contributed by atoms with Gasteiger partial charge in [0.15, 0.2) is 5.69 Å². The molecule has 2 heterocycles. The van der Waals surface area contributed by atoms with Crippen LogP contribution in [0.2, 0.25) is 10.0 Å². The minimum absolute atomic E-state index is 0.0353. The van der Waals surface area contributed by atoms with Gasteiger partial charge in [-0.3, -0.25) is 9.59 Å². The average Bonchev–Trinajstić information content (AvgIpc) is 2.52. The van der Waals surface area contributed by atoms with E-state index in [0.29, 0.717) is 34.5 Å². The molecule has 0 bridgehead atoms. The third kappa shape index (κ3) is 2.68. The number of hydrogen-bond donors (Lipinski definition) is 1. The maximum atomic E-state index is 12.2. The number of likely N-dealkylation sites (N-methyl/N-ethyl adjacent to an activating group) is 1. The fraction of sp³-hybridized carbons (Fsp3) is 0.267. The fourth-order valence-corrected chi connectivity index (χ4v) is 2.96. The smallest absolute Gasteiger partial charge is 0.315 e. The summed E-state index contributed by atoms with van der Waals surface area (Å²) in [5.41, 5.74) is -0.169. The van der Waals surface area contributed by atoms with Gasteiger partial charge in [-0.2, -0.15) is 4.98 Å². The highest BCUT2D eigenvalue weighted by Gasteiger charge is 2.29. The lowest BCUT2D eigenvalue weighted by molar-refractivity contribution is 0.0738. The Morgan fingerprint density at radius 1 is 1.26 bits per heavy atom.